The van der Waals surface area contributed by atoms with Crippen molar-refractivity contribution in [1.82, 2.24) is 0 Å². The molecule has 0 saturated carbocycles. The maximum atomic E-state index is 9.56. The van der Waals surface area contributed by atoms with Crippen molar-refractivity contribution in [3.8, 4) is 0 Å². The Morgan fingerprint density at radius 1 is 1.14 bits per heavy atom. The van der Waals surface area contributed by atoms with Crippen molar-refractivity contribution in [1.29, 1.82) is 0 Å². The Morgan fingerprint density at radius 3 is 2.29 bits per heavy atom. The molecule has 0 aromatic carbocycles. The molecule has 0 spiro atoms. The van der Waals surface area contributed by atoms with Gasteiger partial charge in [0.1, 0.15) is 0 Å². The van der Waals surface area contributed by atoms with Crippen molar-refractivity contribution < 1.29 is 4.70 Å². The minimum absolute atomic E-state index is 0.750. The second-order valence-electron chi connectivity index (χ2n) is 1.05. The molecule has 0 unspecified atom stereocenters. The first-order valence-electron chi connectivity index (χ1n) is 2.15. The summed E-state index contributed by atoms with van der Waals surface area (Å²) in [7, 11) is 2.65. The zero-order valence-electron chi connectivity index (χ0n) is 4.29. The molecule has 0 aliphatic rings. The van der Waals surface area contributed by atoms with Crippen molar-refractivity contribution in [2.24, 2.45) is 0 Å². The molecule has 0 rings (SSSR count). The van der Waals surface area contributed by atoms with Gasteiger partial charge >= 0.3 is 46.3 Å². The molecule has 0 aliphatic heterocycles. The average molecular weight is 82.9 g/mol. The van der Waals surface area contributed by atoms with E-state index in [0.717, 1.165) is 7.04 Å². The van der Waals surface area contributed by atoms with Crippen LogP contribution in [-0.4, -0.2) is 41.5 Å². The summed E-state index contributed by atoms with van der Waals surface area (Å²) >= 11 is 0. The summed E-state index contributed by atoms with van der Waals surface area (Å²) in [5.41, 5.74) is 0. The fourth-order valence-electron chi connectivity index (χ4n) is 0.221. The number of hydrogen-bond donors (Lipinski definition) is 0. The van der Waals surface area contributed by atoms with Crippen LogP contribution in [-0.2, 0) is 4.70 Å². The topological polar surface area (TPSA) is 17.1 Å². The van der Waals surface area contributed by atoms with E-state index in [1.807, 2.05) is 14.4 Å². The SMILES string of the molecule is B/B=B\B=B/B=O. The second-order valence-corrected chi connectivity index (χ2v) is 1.05. The monoisotopic (exact) mass is 84.1 g/mol. The maximum absolute atomic E-state index is 9.56. The van der Waals surface area contributed by atoms with Crippen molar-refractivity contribution in [3.63, 3.8) is 0 Å². The summed E-state index contributed by atoms with van der Waals surface area (Å²) in [6, 6.07) is 0. The molecule has 0 atom stereocenters. The van der Waals surface area contributed by atoms with Crippen LogP contribution in [0.2, 0.25) is 0 Å². The fraction of sp³-hybridized carbons (Fsp3) is 0. The molecule has 7 heteroatoms. The Balaban J connectivity index is 3.27. The normalized spacial score (nSPS) is 5.71. The van der Waals surface area contributed by atoms with Crippen LogP contribution < -0.4 is 0 Å². The van der Waals surface area contributed by atoms with Gasteiger partial charge in [-0.3, -0.25) is 0 Å². The molecule has 0 fully saturated rings. The van der Waals surface area contributed by atoms with Crippen molar-refractivity contribution in [2.75, 3.05) is 0 Å². The first-order valence-corrected chi connectivity index (χ1v) is 2.15. The summed E-state index contributed by atoms with van der Waals surface area (Å²) in [5, 5.41) is 0. The Kier molecular flexibility index (Phi) is 6.36. The Bertz CT molecular complexity index is 90.4. The molecule has 0 aliphatic carbocycles. The molecule has 0 bridgehead atoms. The molecule has 7 heavy (non-hydrogen) atoms. The second kappa shape index (κ2) is 6.19. The van der Waals surface area contributed by atoms with Gasteiger partial charge in [-0.1, -0.05) is 0 Å². The van der Waals surface area contributed by atoms with E-state index >= 15 is 0 Å². The quantitative estimate of drug-likeness (QED) is 0.326. The molecule has 0 amide bonds. The van der Waals surface area contributed by atoms with E-state index in [2.05, 4.69) is 0 Å². The third-order valence-corrected chi connectivity index (χ3v) is 0.493. The first-order chi connectivity index (χ1) is 3.41. The number of hydrogen-bond acceptors (Lipinski definition) is 1. The molecule has 0 heterocycles. The molecule has 0 saturated heterocycles. The summed E-state index contributed by atoms with van der Waals surface area (Å²) in [6.45, 7) is 6.79. The molecular formula is H2B6O. The van der Waals surface area contributed by atoms with Crippen LogP contribution in [0.1, 0.15) is 0 Å². The molecule has 0 N–H and O–H groups in total. The van der Waals surface area contributed by atoms with Gasteiger partial charge in [-0.25, -0.2) is 0 Å². The molecule has 26 valence electrons. The van der Waals surface area contributed by atoms with Crippen LogP contribution >= 0.6 is 0 Å². The van der Waals surface area contributed by atoms with Gasteiger partial charge in [0, 0.05) is 0 Å². The zero-order valence-corrected chi connectivity index (χ0v) is 4.29. The van der Waals surface area contributed by atoms with Crippen LogP contribution in [0.4, 0.5) is 0 Å². The fourth-order valence-corrected chi connectivity index (χ4v) is 0.221. The van der Waals surface area contributed by atoms with Crippen LogP contribution in [0.5, 0.6) is 0 Å². The van der Waals surface area contributed by atoms with Crippen molar-refractivity contribution in [3.05, 3.63) is 0 Å². The van der Waals surface area contributed by atoms with E-state index in [9.17, 15) is 4.70 Å². The predicted molar refractivity (Wildman–Crippen MR) is 38.0 cm³/mol. The van der Waals surface area contributed by atoms with Crippen LogP contribution in [0.15, 0.2) is 0 Å². The van der Waals surface area contributed by atoms with E-state index in [1.165, 1.54) is 6.69 Å². The van der Waals surface area contributed by atoms with E-state index in [1.54, 1.807) is 13.4 Å². The van der Waals surface area contributed by atoms with Gasteiger partial charge in [-0.2, -0.15) is 0 Å². The average Bonchev–Trinajstić information content (AvgIpc) is 1.69. The van der Waals surface area contributed by atoms with Gasteiger partial charge < -0.3 is 0 Å². The van der Waals surface area contributed by atoms with Crippen molar-refractivity contribution in [2.45, 2.75) is 0 Å². The standard InChI is InChI=1S/B6H2O/c1-2-3-4-5-6-7/h1H2. The third-order valence-electron chi connectivity index (χ3n) is 0.493. The molecule has 0 radical (unpaired) electrons. The van der Waals surface area contributed by atoms with Gasteiger partial charge in [-0.05, 0) is 0 Å². The number of rotatable bonds is 2. The summed E-state index contributed by atoms with van der Waals surface area (Å²) in [4.78, 5) is 0. The van der Waals surface area contributed by atoms with E-state index in [4.69, 9.17) is 0 Å². The van der Waals surface area contributed by atoms with E-state index in [-0.39, 0.29) is 0 Å². The first kappa shape index (κ1) is 7.19. The summed E-state index contributed by atoms with van der Waals surface area (Å²) < 4.78 is 9.56. The molecule has 1 nitrogen and oxygen atoms in total. The molecule has 0 aromatic heterocycles. The van der Waals surface area contributed by atoms with Gasteiger partial charge in [-0.15, -0.1) is 0 Å². The van der Waals surface area contributed by atoms with E-state index < -0.39 is 0 Å². The zero-order chi connectivity index (χ0) is 5.54. The van der Waals surface area contributed by atoms with E-state index in [0.29, 0.717) is 0 Å². The summed E-state index contributed by atoms with van der Waals surface area (Å²) in [6.07, 6.45) is 0. The van der Waals surface area contributed by atoms with Gasteiger partial charge in [0.15, 0.2) is 0 Å². The molecular weight excluding hydrogens is 80.9 g/mol. The third kappa shape index (κ3) is 6.19. The Hall–Kier alpha value is 0.190. The summed E-state index contributed by atoms with van der Waals surface area (Å²) in [5.74, 6) is 0. The van der Waals surface area contributed by atoms with Crippen LogP contribution in [0, 0.1) is 0 Å². The predicted octanol–water partition coefficient (Wildman–Crippen LogP) is -2.94. The van der Waals surface area contributed by atoms with Gasteiger partial charge in [0.05, 0.1) is 0 Å². The Morgan fingerprint density at radius 2 is 1.86 bits per heavy atom. The molecule has 0 aromatic rings. The minimum atomic E-state index is 0.750. The van der Waals surface area contributed by atoms with Gasteiger partial charge in [0.2, 0.25) is 0 Å². The van der Waals surface area contributed by atoms with Crippen molar-refractivity contribution >= 4 is 41.5 Å². The van der Waals surface area contributed by atoms with Crippen LogP contribution in [0.3, 0.4) is 0 Å². The Labute approximate surface area is 47.1 Å². The van der Waals surface area contributed by atoms with Gasteiger partial charge in [0.25, 0.3) is 0 Å². The van der Waals surface area contributed by atoms with Crippen LogP contribution in [0.25, 0.3) is 0 Å².